The Balaban J connectivity index is 1.70. The number of hydrogen-bond acceptors (Lipinski definition) is 1. The fraction of sp³-hybridized carbons (Fsp3) is 0.562. The molecule has 0 bridgehead atoms. The molecule has 0 atom stereocenters. The summed E-state index contributed by atoms with van der Waals surface area (Å²) in [6.45, 7) is 3.03. The largest absolute Gasteiger partial charge is 0.352 e. The van der Waals surface area contributed by atoms with E-state index in [0.29, 0.717) is 5.56 Å². The Morgan fingerprint density at radius 3 is 2.47 bits per heavy atom. The first-order valence-electron chi connectivity index (χ1n) is 7.19. The van der Waals surface area contributed by atoms with Crippen LogP contribution in [0.3, 0.4) is 0 Å². The second kappa shape index (κ2) is 6.69. The zero-order chi connectivity index (χ0) is 13.7. The molecule has 0 aromatic heterocycles. The van der Waals surface area contributed by atoms with Crippen LogP contribution in [-0.2, 0) is 0 Å². The van der Waals surface area contributed by atoms with Gasteiger partial charge in [-0.15, -0.1) is 0 Å². The number of carbonyl (C=O) groups is 1. The van der Waals surface area contributed by atoms with Crippen LogP contribution in [-0.4, -0.2) is 12.5 Å². The smallest absolute Gasteiger partial charge is 0.251 e. The summed E-state index contributed by atoms with van der Waals surface area (Å²) in [5.41, 5.74) is 0.527. The maximum absolute atomic E-state index is 12.7. The second-order valence-corrected chi connectivity index (χ2v) is 5.68. The first-order valence-corrected chi connectivity index (χ1v) is 7.19. The normalized spacial score (nSPS) is 23.1. The van der Waals surface area contributed by atoms with Crippen LogP contribution < -0.4 is 5.32 Å². The van der Waals surface area contributed by atoms with Gasteiger partial charge in [-0.3, -0.25) is 4.79 Å². The standard InChI is InChI=1S/C16H22FNO/c1-12-2-4-13(5-3-12)10-11-18-16(19)14-6-8-15(17)9-7-14/h6-9,12-13H,2-5,10-11H2,1H3,(H,18,19). The number of rotatable bonds is 4. The van der Waals surface area contributed by atoms with E-state index in [1.165, 1.54) is 49.9 Å². The quantitative estimate of drug-likeness (QED) is 0.880. The third-order valence-electron chi connectivity index (χ3n) is 4.08. The first-order chi connectivity index (χ1) is 9.15. The van der Waals surface area contributed by atoms with Crippen molar-refractivity contribution in [1.82, 2.24) is 5.32 Å². The lowest BCUT2D eigenvalue weighted by molar-refractivity contribution is 0.0949. The highest BCUT2D eigenvalue weighted by Gasteiger charge is 2.18. The Morgan fingerprint density at radius 1 is 1.21 bits per heavy atom. The fourth-order valence-electron chi connectivity index (χ4n) is 2.71. The van der Waals surface area contributed by atoms with Crippen LogP contribution in [0.15, 0.2) is 24.3 Å². The van der Waals surface area contributed by atoms with Crippen molar-refractivity contribution >= 4 is 5.91 Å². The summed E-state index contributed by atoms with van der Waals surface area (Å²) in [5.74, 6) is 1.20. The summed E-state index contributed by atoms with van der Waals surface area (Å²) < 4.78 is 12.7. The Bertz CT molecular complexity index is 407. The zero-order valence-electron chi connectivity index (χ0n) is 11.5. The minimum absolute atomic E-state index is 0.107. The highest BCUT2D eigenvalue weighted by molar-refractivity contribution is 5.94. The number of carbonyl (C=O) groups excluding carboxylic acids is 1. The molecule has 1 N–H and O–H groups in total. The summed E-state index contributed by atoms with van der Waals surface area (Å²) in [5, 5.41) is 2.92. The van der Waals surface area contributed by atoms with Gasteiger partial charge in [0.15, 0.2) is 0 Å². The summed E-state index contributed by atoms with van der Waals surface area (Å²) in [7, 11) is 0. The van der Waals surface area contributed by atoms with Crippen LogP contribution in [0.2, 0.25) is 0 Å². The van der Waals surface area contributed by atoms with Gasteiger partial charge in [-0.05, 0) is 42.5 Å². The molecule has 1 aromatic carbocycles. The molecule has 1 aliphatic carbocycles. The van der Waals surface area contributed by atoms with E-state index in [-0.39, 0.29) is 11.7 Å². The number of halogens is 1. The minimum Gasteiger partial charge on any atom is -0.352 e. The SMILES string of the molecule is CC1CCC(CCNC(=O)c2ccc(F)cc2)CC1. The highest BCUT2D eigenvalue weighted by atomic mass is 19.1. The molecule has 104 valence electrons. The van der Waals surface area contributed by atoms with E-state index in [1.54, 1.807) is 0 Å². The Kier molecular flexibility index (Phi) is 4.94. The van der Waals surface area contributed by atoms with E-state index in [0.717, 1.165) is 24.8 Å². The third-order valence-corrected chi connectivity index (χ3v) is 4.08. The van der Waals surface area contributed by atoms with Crippen molar-refractivity contribution < 1.29 is 9.18 Å². The number of hydrogen-bond donors (Lipinski definition) is 1. The van der Waals surface area contributed by atoms with Gasteiger partial charge in [0.2, 0.25) is 0 Å². The van der Waals surface area contributed by atoms with E-state index in [2.05, 4.69) is 12.2 Å². The summed E-state index contributed by atoms with van der Waals surface area (Å²) >= 11 is 0. The van der Waals surface area contributed by atoms with Gasteiger partial charge < -0.3 is 5.32 Å². The van der Waals surface area contributed by atoms with Gasteiger partial charge in [-0.1, -0.05) is 32.6 Å². The van der Waals surface area contributed by atoms with Gasteiger partial charge in [0, 0.05) is 12.1 Å². The van der Waals surface area contributed by atoms with Crippen LogP contribution in [0, 0.1) is 17.7 Å². The second-order valence-electron chi connectivity index (χ2n) is 5.68. The van der Waals surface area contributed by atoms with Gasteiger partial charge in [0.05, 0.1) is 0 Å². The lowest BCUT2D eigenvalue weighted by atomic mass is 9.81. The van der Waals surface area contributed by atoms with Crippen molar-refractivity contribution in [2.45, 2.75) is 39.0 Å². The molecule has 0 heterocycles. The lowest BCUT2D eigenvalue weighted by Gasteiger charge is -2.26. The molecule has 0 radical (unpaired) electrons. The summed E-state index contributed by atoms with van der Waals surface area (Å²) in [6, 6.07) is 5.68. The zero-order valence-corrected chi connectivity index (χ0v) is 11.5. The number of benzene rings is 1. The Morgan fingerprint density at radius 2 is 1.84 bits per heavy atom. The van der Waals surface area contributed by atoms with E-state index >= 15 is 0 Å². The van der Waals surface area contributed by atoms with Crippen LogP contribution in [0.4, 0.5) is 4.39 Å². The molecule has 1 aliphatic rings. The average Bonchev–Trinajstić information content (AvgIpc) is 2.41. The lowest BCUT2D eigenvalue weighted by Crippen LogP contribution is -2.26. The van der Waals surface area contributed by atoms with Gasteiger partial charge >= 0.3 is 0 Å². The maximum Gasteiger partial charge on any atom is 0.251 e. The maximum atomic E-state index is 12.7. The molecule has 1 fully saturated rings. The van der Waals surface area contributed by atoms with Gasteiger partial charge in [-0.2, -0.15) is 0 Å². The molecular weight excluding hydrogens is 241 g/mol. The number of nitrogens with one attached hydrogen (secondary N) is 1. The predicted octanol–water partition coefficient (Wildman–Crippen LogP) is 3.77. The number of amides is 1. The van der Waals surface area contributed by atoms with Crippen LogP contribution in [0.25, 0.3) is 0 Å². The van der Waals surface area contributed by atoms with Gasteiger partial charge in [0.1, 0.15) is 5.82 Å². The van der Waals surface area contributed by atoms with Crippen molar-refractivity contribution in [3.05, 3.63) is 35.6 Å². The Hall–Kier alpha value is -1.38. The average molecular weight is 263 g/mol. The Labute approximate surface area is 114 Å². The van der Waals surface area contributed by atoms with Gasteiger partial charge in [-0.25, -0.2) is 4.39 Å². The van der Waals surface area contributed by atoms with Crippen molar-refractivity contribution in [3.8, 4) is 0 Å². The summed E-state index contributed by atoms with van der Waals surface area (Å²) in [6.07, 6.45) is 6.26. The van der Waals surface area contributed by atoms with Crippen LogP contribution in [0.5, 0.6) is 0 Å². The topological polar surface area (TPSA) is 29.1 Å². The van der Waals surface area contributed by atoms with Crippen molar-refractivity contribution in [2.24, 2.45) is 11.8 Å². The highest BCUT2D eigenvalue weighted by Crippen LogP contribution is 2.29. The molecular formula is C16H22FNO. The van der Waals surface area contributed by atoms with Crippen LogP contribution >= 0.6 is 0 Å². The fourth-order valence-corrected chi connectivity index (χ4v) is 2.71. The van der Waals surface area contributed by atoms with Crippen molar-refractivity contribution in [1.29, 1.82) is 0 Å². The van der Waals surface area contributed by atoms with Crippen molar-refractivity contribution in [2.75, 3.05) is 6.54 Å². The van der Waals surface area contributed by atoms with Crippen LogP contribution in [0.1, 0.15) is 49.4 Å². The molecule has 1 amide bonds. The monoisotopic (exact) mass is 263 g/mol. The molecule has 1 aromatic rings. The first kappa shape index (κ1) is 14.0. The summed E-state index contributed by atoms with van der Waals surface area (Å²) in [4.78, 5) is 11.8. The molecule has 1 saturated carbocycles. The molecule has 0 saturated heterocycles. The van der Waals surface area contributed by atoms with E-state index in [9.17, 15) is 9.18 Å². The van der Waals surface area contributed by atoms with E-state index in [1.807, 2.05) is 0 Å². The molecule has 2 rings (SSSR count). The van der Waals surface area contributed by atoms with E-state index < -0.39 is 0 Å². The van der Waals surface area contributed by atoms with Gasteiger partial charge in [0.25, 0.3) is 5.91 Å². The molecule has 0 aliphatic heterocycles. The minimum atomic E-state index is -0.312. The molecule has 19 heavy (non-hydrogen) atoms. The van der Waals surface area contributed by atoms with Crippen molar-refractivity contribution in [3.63, 3.8) is 0 Å². The predicted molar refractivity (Wildman–Crippen MR) is 74.5 cm³/mol. The molecule has 3 heteroatoms. The molecule has 0 unspecified atom stereocenters. The molecule has 0 spiro atoms. The molecule has 2 nitrogen and oxygen atoms in total. The van der Waals surface area contributed by atoms with E-state index in [4.69, 9.17) is 0 Å². The third kappa shape index (κ3) is 4.34.